The van der Waals surface area contributed by atoms with Crippen LogP contribution in [0, 0.1) is 5.92 Å². The zero-order valence-corrected chi connectivity index (χ0v) is 29.4. The minimum Gasteiger partial charge on any atom is -0.322 e. The van der Waals surface area contributed by atoms with Crippen molar-refractivity contribution in [2.75, 3.05) is 5.32 Å². The molecule has 7 rings (SSSR count). The normalized spacial score (nSPS) is 15.8. The summed E-state index contributed by atoms with van der Waals surface area (Å²) in [5.74, 6) is -0.384. The Morgan fingerprint density at radius 2 is 1.37 bits per heavy atom. The molecule has 1 amide bonds. The molecular weight excluding hydrogens is 652 g/mol. The Morgan fingerprint density at radius 1 is 0.765 bits per heavy atom. The molecule has 3 atom stereocenters. The number of aliphatic imine (C=N–C) groups is 1. The molecule has 6 aromatic rings. The van der Waals surface area contributed by atoms with Crippen molar-refractivity contribution in [2.24, 2.45) is 10.9 Å². The number of amides is 1. The minimum absolute atomic E-state index is 0.0632. The molecule has 0 fully saturated rings. The van der Waals surface area contributed by atoms with E-state index in [0.717, 1.165) is 35.2 Å². The summed E-state index contributed by atoms with van der Waals surface area (Å²) in [5, 5.41) is 8.45. The first-order valence-corrected chi connectivity index (χ1v) is 17.9. The van der Waals surface area contributed by atoms with Crippen LogP contribution in [0.1, 0.15) is 80.8 Å². The van der Waals surface area contributed by atoms with Crippen molar-refractivity contribution < 1.29 is 9.59 Å². The lowest BCUT2D eigenvalue weighted by atomic mass is 9.71. The third-order valence-electron chi connectivity index (χ3n) is 9.81. The molecule has 1 aromatic heterocycles. The molecule has 0 unspecified atom stereocenters. The molecule has 0 saturated heterocycles. The van der Waals surface area contributed by atoms with Crippen molar-refractivity contribution in [3.8, 4) is 0 Å². The molecule has 0 radical (unpaired) electrons. The molecule has 2 heterocycles. The van der Waals surface area contributed by atoms with Crippen LogP contribution in [0.2, 0.25) is 5.02 Å². The minimum atomic E-state index is -0.378. The Labute approximate surface area is 303 Å². The van der Waals surface area contributed by atoms with Crippen LogP contribution < -0.4 is 5.32 Å². The molecule has 0 saturated carbocycles. The number of carbonyl (C=O) groups excluding carboxylic acids is 2. The summed E-state index contributed by atoms with van der Waals surface area (Å²) in [5.41, 5.74) is 7.86. The van der Waals surface area contributed by atoms with Gasteiger partial charge in [0.1, 0.15) is 5.56 Å². The Kier molecular flexibility index (Phi) is 10.0. The smallest absolute Gasteiger partial charge is 0.261 e. The van der Waals surface area contributed by atoms with Crippen LogP contribution in [0.5, 0.6) is 0 Å². The van der Waals surface area contributed by atoms with Gasteiger partial charge in [0, 0.05) is 34.5 Å². The Morgan fingerprint density at radius 3 is 2.00 bits per heavy atom. The number of hydrogen-bond donors (Lipinski definition) is 1. The standard InChI is InChI=1S/C44H39ClN4O2/c1-3-29-15-19-32(20-16-29)39(50)27-37(31-11-7-5-8-12-31)40-41(33-21-17-30(4-2)18-22-33)48-43-38(44(51)47-36-25-23-35(45)24-26-36)28-46-49(43)42(40)34-13-9-6-10-14-34/h5-26,28,37,40,42H,3-4,27H2,1-2H3,(H,47,51)/t37-,40-,42+/m1/s1. The van der Waals surface area contributed by atoms with Crippen LogP contribution in [0.15, 0.2) is 145 Å². The summed E-state index contributed by atoms with van der Waals surface area (Å²) in [6.07, 6.45) is 3.67. The number of carbonyl (C=O) groups is 2. The Bertz CT molecular complexity index is 2160. The van der Waals surface area contributed by atoms with Crippen LogP contribution >= 0.6 is 11.6 Å². The average Bonchev–Trinajstić information content (AvgIpc) is 3.62. The lowest BCUT2D eigenvalue weighted by Gasteiger charge is -2.38. The number of aromatic nitrogens is 2. The van der Waals surface area contributed by atoms with Gasteiger partial charge in [0.15, 0.2) is 11.6 Å². The molecule has 5 aromatic carbocycles. The van der Waals surface area contributed by atoms with E-state index in [1.807, 2.05) is 65.3 Å². The van der Waals surface area contributed by atoms with E-state index in [0.29, 0.717) is 27.7 Å². The fourth-order valence-electron chi connectivity index (χ4n) is 7.03. The van der Waals surface area contributed by atoms with Crippen molar-refractivity contribution in [2.45, 2.75) is 45.1 Å². The highest BCUT2D eigenvalue weighted by atomic mass is 35.5. The molecular formula is C44H39ClN4O2. The molecule has 254 valence electrons. The van der Waals surface area contributed by atoms with Crippen LogP contribution in [-0.2, 0) is 12.8 Å². The number of fused-ring (bicyclic) bond motifs is 1. The second kappa shape index (κ2) is 15.1. The van der Waals surface area contributed by atoms with E-state index >= 15 is 0 Å². The van der Waals surface area contributed by atoms with Crippen LogP contribution in [0.3, 0.4) is 0 Å². The average molecular weight is 691 g/mol. The SMILES string of the molecule is CCc1ccc(C(=O)C[C@H](c2ccccc2)[C@@H]2C(c3ccc(CC)cc3)=Nc3c(C(=O)Nc4ccc(Cl)cc4)cnn3[C@H]2c2ccccc2)cc1. The summed E-state index contributed by atoms with van der Waals surface area (Å²) in [6, 6.07) is 43.5. The first-order valence-electron chi connectivity index (χ1n) is 17.5. The van der Waals surface area contributed by atoms with E-state index in [9.17, 15) is 9.59 Å². The first-order chi connectivity index (χ1) is 24.9. The topological polar surface area (TPSA) is 76.3 Å². The molecule has 7 heteroatoms. The highest BCUT2D eigenvalue weighted by Gasteiger charge is 2.43. The molecule has 0 aliphatic carbocycles. The summed E-state index contributed by atoms with van der Waals surface area (Å²) in [4.78, 5) is 33.5. The number of aryl methyl sites for hydroxylation is 2. The zero-order valence-electron chi connectivity index (χ0n) is 28.7. The molecule has 6 nitrogen and oxygen atoms in total. The first kappa shape index (κ1) is 33.9. The summed E-state index contributed by atoms with van der Waals surface area (Å²) < 4.78 is 1.87. The maximum absolute atomic E-state index is 14.3. The number of nitrogens with one attached hydrogen (secondary N) is 1. The predicted octanol–water partition coefficient (Wildman–Crippen LogP) is 10.3. The summed E-state index contributed by atoms with van der Waals surface area (Å²) in [6.45, 7) is 4.24. The van der Waals surface area contributed by atoms with Gasteiger partial charge in [-0.25, -0.2) is 9.67 Å². The Hall–Kier alpha value is -5.59. The number of halogens is 1. The van der Waals surface area contributed by atoms with Crippen molar-refractivity contribution in [1.82, 2.24) is 9.78 Å². The monoisotopic (exact) mass is 690 g/mol. The van der Waals surface area contributed by atoms with E-state index in [-0.39, 0.29) is 36.0 Å². The van der Waals surface area contributed by atoms with Gasteiger partial charge in [0.25, 0.3) is 5.91 Å². The van der Waals surface area contributed by atoms with Gasteiger partial charge in [-0.15, -0.1) is 0 Å². The molecule has 1 aliphatic rings. The number of nitrogens with zero attached hydrogens (tertiary/aromatic N) is 3. The van der Waals surface area contributed by atoms with Gasteiger partial charge in [-0.05, 0) is 64.9 Å². The van der Waals surface area contributed by atoms with Crippen LogP contribution in [-0.4, -0.2) is 27.2 Å². The summed E-state index contributed by atoms with van der Waals surface area (Å²) in [7, 11) is 0. The van der Waals surface area contributed by atoms with Gasteiger partial charge in [0.05, 0.1) is 18.0 Å². The lowest BCUT2D eigenvalue weighted by Crippen LogP contribution is -2.37. The van der Waals surface area contributed by atoms with E-state index < -0.39 is 0 Å². The number of Topliss-reactive ketones (excluding diaryl/α,β-unsaturated/α-hetero) is 1. The zero-order chi connectivity index (χ0) is 35.3. The molecule has 51 heavy (non-hydrogen) atoms. The van der Waals surface area contributed by atoms with Crippen LogP contribution in [0.25, 0.3) is 0 Å². The van der Waals surface area contributed by atoms with E-state index in [2.05, 4.69) is 67.7 Å². The van der Waals surface area contributed by atoms with E-state index in [1.54, 1.807) is 30.5 Å². The van der Waals surface area contributed by atoms with E-state index in [1.165, 1.54) is 11.1 Å². The lowest BCUT2D eigenvalue weighted by molar-refractivity contribution is 0.0964. The molecule has 1 aliphatic heterocycles. The van der Waals surface area contributed by atoms with Crippen molar-refractivity contribution in [3.63, 3.8) is 0 Å². The number of hydrogen-bond acceptors (Lipinski definition) is 4. The summed E-state index contributed by atoms with van der Waals surface area (Å²) >= 11 is 6.11. The van der Waals surface area contributed by atoms with Crippen molar-refractivity contribution >= 4 is 40.5 Å². The Balaban J connectivity index is 1.41. The predicted molar refractivity (Wildman–Crippen MR) is 206 cm³/mol. The van der Waals surface area contributed by atoms with Gasteiger partial charge in [-0.1, -0.05) is 135 Å². The molecule has 1 N–H and O–H groups in total. The van der Waals surface area contributed by atoms with Crippen molar-refractivity contribution in [3.05, 3.63) is 184 Å². The maximum atomic E-state index is 14.3. The van der Waals surface area contributed by atoms with Gasteiger partial charge in [-0.3, -0.25) is 9.59 Å². The van der Waals surface area contributed by atoms with E-state index in [4.69, 9.17) is 21.7 Å². The largest absolute Gasteiger partial charge is 0.322 e. The van der Waals surface area contributed by atoms with Crippen LogP contribution in [0.4, 0.5) is 11.5 Å². The van der Waals surface area contributed by atoms with Gasteiger partial charge in [-0.2, -0.15) is 5.10 Å². The van der Waals surface area contributed by atoms with Gasteiger partial charge >= 0.3 is 0 Å². The van der Waals surface area contributed by atoms with Crippen molar-refractivity contribution in [1.29, 1.82) is 0 Å². The second-order valence-electron chi connectivity index (χ2n) is 12.9. The molecule has 0 bridgehead atoms. The highest BCUT2D eigenvalue weighted by molar-refractivity contribution is 6.30. The third kappa shape index (κ3) is 7.19. The second-order valence-corrected chi connectivity index (χ2v) is 13.3. The number of rotatable bonds is 11. The number of ketones is 1. The fourth-order valence-corrected chi connectivity index (χ4v) is 7.15. The quantitative estimate of drug-likeness (QED) is 0.138. The number of benzene rings is 5. The highest BCUT2D eigenvalue weighted by Crippen LogP contribution is 2.47. The molecule has 0 spiro atoms. The third-order valence-corrected chi connectivity index (χ3v) is 10.1. The van der Waals surface area contributed by atoms with Gasteiger partial charge < -0.3 is 5.32 Å². The van der Waals surface area contributed by atoms with Gasteiger partial charge in [0.2, 0.25) is 0 Å². The fraction of sp³-hybridized carbons (Fsp3) is 0.182. The number of anilines is 1. The maximum Gasteiger partial charge on any atom is 0.261 e.